The number of carbonyl (C=O) groups excluding carboxylic acids is 1. The molecule has 2 aromatic carbocycles. The first-order chi connectivity index (χ1) is 10.8. The highest BCUT2D eigenvalue weighted by Gasteiger charge is 2.05. The summed E-state index contributed by atoms with van der Waals surface area (Å²) in [5, 5.41) is 7.34. The fourth-order valence-electron chi connectivity index (χ4n) is 2.24. The van der Waals surface area contributed by atoms with Crippen LogP contribution in [0.4, 0.5) is 0 Å². The number of thiophene rings is 1. The van der Waals surface area contributed by atoms with Crippen molar-refractivity contribution in [2.45, 2.75) is 5.75 Å². The van der Waals surface area contributed by atoms with E-state index in [0.29, 0.717) is 6.54 Å². The molecule has 0 bridgehead atoms. The zero-order chi connectivity index (χ0) is 15.2. The van der Waals surface area contributed by atoms with Gasteiger partial charge in [0.2, 0.25) is 0 Å². The van der Waals surface area contributed by atoms with E-state index in [4.69, 9.17) is 0 Å². The minimum Gasteiger partial charge on any atom is -0.351 e. The Kier molecular flexibility index (Phi) is 5.14. The third-order valence-corrected chi connectivity index (χ3v) is 5.44. The average Bonchev–Trinajstić information content (AvgIpc) is 3.07. The second-order valence-electron chi connectivity index (χ2n) is 4.95. The van der Waals surface area contributed by atoms with Crippen molar-refractivity contribution in [1.29, 1.82) is 0 Å². The van der Waals surface area contributed by atoms with Crippen molar-refractivity contribution in [3.63, 3.8) is 0 Å². The number of hydrogen-bond acceptors (Lipinski definition) is 3. The molecular formula is C18H17NOS2. The fourth-order valence-corrected chi connectivity index (χ4v) is 3.94. The van der Waals surface area contributed by atoms with Gasteiger partial charge in [-0.2, -0.15) is 11.8 Å². The summed E-state index contributed by atoms with van der Waals surface area (Å²) in [5.41, 5.74) is 0.724. The van der Waals surface area contributed by atoms with Crippen molar-refractivity contribution in [1.82, 2.24) is 5.32 Å². The quantitative estimate of drug-likeness (QED) is 0.672. The first-order valence-corrected chi connectivity index (χ1v) is 9.23. The van der Waals surface area contributed by atoms with Crippen LogP contribution in [0.5, 0.6) is 0 Å². The standard InChI is InChI=1S/C18H17NOS2/c20-18(19-9-11-21-13-17-6-3-10-22-17)16-8-7-14-4-1-2-5-15(14)12-16/h1-8,10,12H,9,11,13H2,(H,19,20). The van der Waals surface area contributed by atoms with Gasteiger partial charge in [-0.15, -0.1) is 11.3 Å². The first kappa shape index (κ1) is 15.1. The Bertz CT molecular complexity index is 753. The molecule has 0 saturated heterocycles. The molecule has 0 aliphatic rings. The van der Waals surface area contributed by atoms with Crippen LogP contribution in [-0.2, 0) is 5.75 Å². The van der Waals surface area contributed by atoms with E-state index in [1.54, 1.807) is 11.3 Å². The summed E-state index contributed by atoms with van der Waals surface area (Å²) in [6, 6.07) is 18.1. The number of fused-ring (bicyclic) bond motifs is 1. The van der Waals surface area contributed by atoms with Crippen molar-refractivity contribution in [2.24, 2.45) is 0 Å². The number of amides is 1. The Morgan fingerprint density at radius 1 is 1.05 bits per heavy atom. The average molecular weight is 327 g/mol. The number of benzene rings is 2. The van der Waals surface area contributed by atoms with Gasteiger partial charge in [-0.3, -0.25) is 4.79 Å². The molecule has 0 unspecified atom stereocenters. The smallest absolute Gasteiger partial charge is 0.251 e. The molecule has 1 N–H and O–H groups in total. The van der Waals surface area contributed by atoms with Crippen molar-refractivity contribution < 1.29 is 4.79 Å². The van der Waals surface area contributed by atoms with Gasteiger partial charge >= 0.3 is 0 Å². The highest BCUT2D eigenvalue weighted by Crippen LogP contribution is 2.17. The Morgan fingerprint density at radius 2 is 1.91 bits per heavy atom. The van der Waals surface area contributed by atoms with Crippen LogP contribution in [0.2, 0.25) is 0 Å². The van der Waals surface area contributed by atoms with Gasteiger partial charge in [0.05, 0.1) is 0 Å². The molecule has 3 rings (SSSR count). The molecule has 1 aromatic heterocycles. The van der Waals surface area contributed by atoms with E-state index in [1.165, 1.54) is 4.88 Å². The van der Waals surface area contributed by atoms with E-state index in [0.717, 1.165) is 27.8 Å². The number of nitrogens with one attached hydrogen (secondary N) is 1. The van der Waals surface area contributed by atoms with E-state index in [-0.39, 0.29) is 5.91 Å². The predicted octanol–water partition coefficient (Wildman–Crippen LogP) is 4.56. The normalized spacial score (nSPS) is 10.7. The molecule has 0 saturated carbocycles. The maximum absolute atomic E-state index is 12.2. The van der Waals surface area contributed by atoms with Gasteiger partial charge in [0.1, 0.15) is 0 Å². The number of rotatable bonds is 6. The van der Waals surface area contributed by atoms with Gasteiger partial charge in [-0.1, -0.05) is 36.4 Å². The molecular weight excluding hydrogens is 310 g/mol. The molecule has 3 aromatic rings. The van der Waals surface area contributed by atoms with Crippen molar-refractivity contribution >= 4 is 39.8 Å². The van der Waals surface area contributed by atoms with Gasteiger partial charge in [0, 0.05) is 28.5 Å². The van der Waals surface area contributed by atoms with Crippen LogP contribution < -0.4 is 5.32 Å². The molecule has 1 heterocycles. The molecule has 0 spiro atoms. The molecule has 4 heteroatoms. The Hall–Kier alpha value is -1.78. The molecule has 0 aliphatic heterocycles. The second kappa shape index (κ2) is 7.47. The monoisotopic (exact) mass is 327 g/mol. The van der Waals surface area contributed by atoms with E-state index in [9.17, 15) is 4.79 Å². The van der Waals surface area contributed by atoms with E-state index in [2.05, 4.69) is 28.9 Å². The van der Waals surface area contributed by atoms with Crippen LogP contribution in [0.25, 0.3) is 10.8 Å². The first-order valence-electron chi connectivity index (χ1n) is 7.20. The summed E-state index contributed by atoms with van der Waals surface area (Å²) < 4.78 is 0. The maximum Gasteiger partial charge on any atom is 0.251 e. The number of hydrogen-bond donors (Lipinski definition) is 1. The summed E-state index contributed by atoms with van der Waals surface area (Å²) >= 11 is 3.62. The lowest BCUT2D eigenvalue weighted by atomic mass is 10.1. The minimum absolute atomic E-state index is 0.00229. The van der Waals surface area contributed by atoms with Gasteiger partial charge in [0.15, 0.2) is 0 Å². The second-order valence-corrected chi connectivity index (χ2v) is 7.09. The maximum atomic E-state index is 12.2. The lowest BCUT2D eigenvalue weighted by molar-refractivity contribution is 0.0956. The molecule has 0 radical (unpaired) electrons. The van der Waals surface area contributed by atoms with Crippen LogP contribution in [0.3, 0.4) is 0 Å². The summed E-state index contributed by atoms with van der Waals surface area (Å²) in [7, 11) is 0. The van der Waals surface area contributed by atoms with Crippen molar-refractivity contribution in [3.8, 4) is 0 Å². The fraction of sp³-hybridized carbons (Fsp3) is 0.167. The molecule has 112 valence electrons. The van der Waals surface area contributed by atoms with E-state index < -0.39 is 0 Å². The molecule has 0 atom stereocenters. The zero-order valence-electron chi connectivity index (χ0n) is 12.1. The lowest BCUT2D eigenvalue weighted by Gasteiger charge is -2.06. The minimum atomic E-state index is 0.00229. The highest BCUT2D eigenvalue weighted by molar-refractivity contribution is 7.98. The number of thioether (sulfide) groups is 1. The van der Waals surface area contributed by atoms with Crippen molar-refractivity contribution in [3.05, 3.63) is 70.4 Å². The third kappa shape index (κ3) is 3.90. The van der Waals surface area contributed by atoms with Crippen LogP contribution in [0.1, 0.15) is 15.2 Å². The van der Waals surface area contributed by atoms with E-state index in [1.807, 2.05) is 48.2 Å². The van der Waals surface area contributed by atoms with E-state index >= 15 is 0 Å². The third-order valence-electron chi connectivity index (χ3n) is 3.37. The van der Waals surface area contributed by atoms with Crippen molar-refractivity contribution in [2.75, 3.05) is 12.3 Å². The predicted molar refractivity (Wildman–Crippen MR) is 96.8 cm³/mol. The molecule has 0 fully saturated rings. The molecule has 2 nitrogen and oxygen atoms in total. The molecule has 22 heavy (non-hydrogen) atoms. The number of carbonyl (C=O) groups is 1. The summed E-state index contributed by atoms with van der Waals surface area (Å²) in [4.78, 5) is 13.5. The highest BCUT2D eigenvalue weighted by atomic mass is 32.2. The summed E-state index contributed by atoms with van der Waals surface area (Å²) in [6.45, 7) is 0.696. The summed E-state index contributed by atoms with van der Waals surface area (Å²) in [5.74, 6) is 1.95. The topological polar surface area (TPSA) is 29.1 Å². The van der Waals surface area contributed by atoms with Gasteiger partial charge in [-0.05, 0) is 34.4 Å². The van der Waals surface area contributed by atoms with Crippen LogP contribution in [-0.4, -0.2) is 18.2 Å². The lowest BCUT2D eigenvalue weighted by Crippen LogP contribution is -2.25. The van der Waals surface area contributed by atoms with Crippen LogP contribution in [0.15, 0.2) is 60.0 Å². The zero-order valence-corrected chi connectivity index (χ0v) is 13.8. The SMILES string of the molecule is O=C(NCCSCc1cccs1)c1ccc2ccccc2c1. The Labute approximate surface area is 138 Å². The summed E-state index contributed by atoms with van der Waals surface area (Å²) in [6.07, 6.45) is 0. The Balaban J connectivity index is 1.48. The Morgan fingerprint density at radius 3 is 2.73 bits per heavy atom. The molecule has 1 amide bonds. The van der Waals surface area contributed by atoms with Gasteiger partial charge in [0.25, 0.3) is 5.91 Å². The molecule has 0 aliphatic carbocycles. The van der Waals surface area contributed by atoms with Gasteiger partial charge < -0.3 is 5.32 Å². The largest absolute Gasteiger partial charge is 0.351 e. The van der Waals surface area contributed by atoms with Crippen LogP contribution >= 0.6 is 23.1 Å². The van der Waals surface area contributed by atoms with Gasteiger partial charge in [-0.25, -0.2) is 0 Å². The van der Waals surface area contributed by atoms with Crippen LogP contribution in [0, 0.1) is 0 Å².